The number of rotatable bonds is 4. The lowest BCUT2D eigenvalue weighted by atomic mass is 10.2. The van der Waals surface area contributed by atoms with Crippen molar-refractivity contribution in [1.82, 2.24) is 4.72 Å². The minimum atomic E-state index is -3.62. The molecule has 0 bridgehead atoms. The van der Waals surface area contributed by atoms with E-state index >= 15 is 0 Å². The summed E-state index contributed by atoms with van der Waals surface area (Å²) in [5.41, 5.74) is 7.04. The summed E-state index contributed by atoms with van der Waals surface area (Å²) in [4.78, 5) is 0.0694. The molecule has 4 N–H and O–H groups in total. The van der Waals surface area contributed by atoms with Gasteiger partial charge in [-0.15, -0.1) is 0 Å². The third kappa shape index (κ3) is 3.04. The molecule has 0 fully saturated rings. The normalized spacial score (nSPS) is 11.3. The monoisotopic (exact) mass is 311 g/mol. The molecule has 0 unspecified atom stereocenters. The van der Waals surface area contributed by atoms with Crippen LogP contribution in [0.2, 0.25) is 5.02 Å². The highest BCUT2D eigenvalue weighted by Crippen LogP contribution is 2.30. The Kier molecular flexibility index (Phi) is 4.17. The summed E-state index contributed by atoms with van der Waals surface area (Å²) in [5, 5.41) is 3.50. The van der Waals surface area contributed by atoms with Gasteiger partial charge in [0, 0.05) is 5.69 Å². The average molecular weight is 312 g/mol. The Hall–Kier alpha value is -1.76. The van der Waals surface area contributed by atoms with Crippen LogP contribution in [-0.4, -0.2) is 15.5 Å². The summed E-state index contributed by atoms with van der Waals surface area (Å²) in [6, 6.07) is 11.7. The molecule has 7 heteroatoms. The van der Waals surface area contributed by atoms with Crippen molar-refractivity contribution in [3.05, 3.63) is 47.5 Å². The maximum absolute atomic E-state index is 12.0. The molecule has 5 nitrogen and oxygen atoms in total. The molecule has 2 aromatic rings. The van der Waals surface area contributed by atoms with Crippen molar-refractivity contribution in [2.75, 3.05) is 18.1 Å². The summed E-state index contributed by atoms with van der Waals surface area (Å²) in [7, 11) is -2.27. The minimum absolute atomic E-state index is 0.0694. The first kappa shape index (κ1) is 14.6. The van der Waals surface area contributed by atoms with E-state index in [1.54, 1.807) is 36.4 Å². The molecule has 0 atom stereocenters. The molecule has 0 aliphatic carbocycles. The Morgan fingerprint density at radius 2 is 1.80 bits per heavy atom. The van der Waals surface area contributed by atoms with Crippen molar-refractivity contribution < 1.29 is 8.42 Å². The Morgan fingerprint density at radius 1 is 1.10 bits per heavy atom. The zero-order chi connectivity index (χ0) is 14.8. The van der Waals surface area contributed by atoms with E-state index < -0.39 is 10.0 Å². The molecule has 20 heavy (non-hydrogen) atoms. The fourth-order valence-electron chi connectivity index (χ4n) is 1.68. The zero-order valence-corrected chi connectivity index (χ0v) is 12.3. The van der Waals surface area contributed by atoms with Crippen LogP contribution in [0.3, 0.4) is 0 Å². The number of benzene rings is 2. The summed E-state index contributed by atoms with van der Waals surface area (Å²) in [6.45, 7) is 0. The Balaban J connectivity index is 2.50. The fourth-order valence-corrected chi connectivity index (χ4v) is 2.78. The molecule has 0 aliphatic rings. The number of halogens is 1. The van der Waals surface area contributed by atoms with Gasteiger partial charge in [-0.25, -0.2) is 13.1 Å². The molecule has 0 aliphatic heterocycles. The second kappa shape index (κ2) is 5.70. The molecule has 0 aromatic heterocycles. The van der Waals surface area contributed by atoms with Crippen molar-refractivity contribution in [2.24, 2.45) is 0 Å². The van der Waals surface area contributed by atoms with Crippen molar-refractivity contribution in [3.8, 4) is 0 Å². The average Bonchev–Trinajstić information content (AvgIpc) is 2.43. The highest BCUT2D eigenvalue weighted by Gasteiger charge is 2.17. The lowest BCUT2D eigenvalue weighted by molar-refractivity contribution is 0.588. The molecule has 0 saturated heterocycles. The van der Waals surface area contributed by atoms with E-state index in [1.165, 1.54) is 13.1 Å². The highest BCUT2D eigenvalue weighted by atomic mass is 35.5. The smallest absolute Gasteiger partial charge is 0.242 e. The van der Waals surface area contributed by atoms with Crippen molar-refractivity contribution >= 4 is 38.7 Å². The number of nitrogens with one attached hydrogen (secondary N) is 2. The number of hydrogen-bond donors (Lipinski definition) is 3. The topological polar surface area (TPSA) is 84.2 Å². The van der Waals surface area contributed by atoms with E-state index in [4.69, 9.17) is 17.3 Å². The molecule has 0 spiro atoms. The molecular formula is C13H14ClN3O2S. The SMILES string of the molecule is CNS(=O)(=O)c1cc(N)ccc1Nc1ccccc1Cl. The fraction of sp³-hybridized carbons (Fsp3) is 0.0769. The van der Waals surface area contributed by atoms with Gasteiger partial charge in [0.15, 0.2) is 0 Å². The summed E-state index contributed by atoms with van der Waals surface area (Å²) in [6.07, 6.45) is 0. The minimum Gasteiger partial charge on any atom is -0.399 e. The number of para-hydroxylation sites is 1. The van der Waals surface area contributed by atoms with Gasteiger partial charge >= 0.3 is 0 Å². The van der Waals surface area contributed by atoms with E-state index in [9.17, 15) is 8.42 Å². The van der Waals surface area contributed by atoms with Crippen molar-refractivity contribution in [2.45, 2.75) is 4.90 Å². The van der Waals surface area contributed by atoms with Crippen molar-refractivity contribution in [3.63, 3.8) is 0 Å². The Bertz CT molecular complexity index is 732. The maximum atomic E-state index is 12.0. The van der Waals surface area contributed by atoms with Gasteiger partial charge < -0.3 is 11.1 Å². The largest absolute Gasteiger partial charge is 0.399 e. The molecule has 0 radical (unpaired) electrons. The summed E-state index contributed by atoms with van der Waals surface area (Å²) < 4.78 is 26.3. The number of nitrogens with two attached hydrogens (primary N) is 1. The number of hydrogen-bond acceptors (Lipinski definition) is 4. The van der Waals surface area contributed by atoms with Crippen LogP contribution in [-0.2, 0) is 10.0 Å². The first-order valence-electron chi connectivity index (χ1n) is 5.78. The van der Waals surface area contributed by atoms with Crippen LogP contribution in [0.1, 0.15) is 0 Å². The molecule has 2 aromatic carbocycles. The van der Waals surface area contributed by atoms with Gasteiger partial charge in [-0.1, -0.05) is 23.7 Å². The van der Waals surface area contributed by atoms with Crippen LogP contribution < -0.4 is 15.8 Å². The van der Waals surface area contributed by atoms with Crippen LogP contribution in [0.5, 0.6) is 0 Å². The number of sulfonamides is 1. The van der Waals surface area contributed by atoms with Crippen LogP contribution in [0, 0.1) is 0 Å². The predicted octanol–water partition coefficient (Wildman–Crippen LogP) is 2.57. The van der Waals surface area contributed by atoms with E-state index in [-0.39, 0.29) is 4.90 Å². The third-order valence-corrected chi connectivity index (χ3v) is 4.49. The second-order valence-electron chi connectivity index (χ2n) is 4.07. The second-order valence-corrected chi connectivity index (χ2v) is 6.33. The molecule has 0 heterocycles. The lowest BCUT2D eigenvalue weighted by Crippen LogP contribution is -2.20. The number of anilines is 3. The Labute approximate surface area is 122 Å². The van der Waals surface area contributed by atoms with E-state index in [1.807, 2.05) is 0 Å². The van der Waals surface area contributed by atoms with Gasteiger partial charge in [0.2, 0.25) is 10.0 Å². The summed E-state index contributed by atoms with van der Waals surface area (Å²) >= 11 is 6.05. The summed E-state index contributed by atoms with van der Waals surface area (Å²) in [5.74, 6) is 0. The Morgan fingerprint density at radius 3 is 2.45 bits per heavy atom. The molecule has 106 valence electrons. The van der Waals surface area contributed by atoms with Crippen LogP contribution in [0.25, 0.3) is 0 Å². The zero-order valence-electron chi connectivity index (χ0n) is 10.7. The quantitative estimate of drug-likeness (QED) is 0.758. The van der Waals surface area contributed by atoms with Crippen LogP contribution >= 0.6 is 11.6 Å². The molecule has 2 rings (SSSR count). The van der Waals surface area contributed by atoms with Crippen LogP contribution in [0.4, 0.5) is 17.1 Å². The van der Waals surface area contributed by atoms with Gasteiger partial charge in [-0.05, 0) is 37.4 Å². The first-order chi connectivity index (χ1) is 9.44. The molecular weight excluding hydrogens is 298 g/mol. The maximum Gasteiger partial charge on any atom is 0.242 e. The number of nitrogen functional groups attached to an aromatic ring is 1. The predicted molar refractivity (Wildman–Crippen MR) is 81.8 cm³/mol. The van der Waals surface area contributed by atoms with E-state index in [0.717, 1.165) is 0 Å². The molecule has 0 saturated carbocycles. The lowest BCUT2D eigenvalue weighted by Gasteiger charge is -2.13. The first-order valence-corrected chi connectivity index (χ1v) is 7.65. The van der Waals surface area contributed by atoms with Gasteiger partial charge in [0.05, 0.1) is 16.4 Å². The highest BCUT2D eigenvalue weighted by molar-refractivity contribution is 7.89. The van der Waals surface area contributed by atoms with Crippen molar-refractivity contribution in [1.29, 1.82) is 0 Å². The standard InChI is InChI=1S/C13H14ClN3O2S/c1-16-20(18,19)13-8-9(15)6-7-12(13)17-11-5-3-2-4-10(11)14/h2-8,16-17H,15H2,1H3. The van der Waals surface area contributed by atoms with Crippen LogP contribution in [0.15, 0.2) is 47.4 Å². The van der Waals surface area contributed by atoms with Gasteiger partial charge in [0.1, 0.15) is 4.90 Å². The molecule has 0 amide bonds. The van der Waals surface area contributed by atoms with Gasteiger partial charge in [-0.2, -0.15) is 0 Å². The van der Waals surface area contributed by atoms with Gasteiger partial charge in [0.25, 0.3) is 0 Å². The van der Waals surface area contributed by atoms with E-state index in [0.29, 0.717) is 22.1 Å². The third-order valence-electron chi connectivity index (χ3n) is 2.71. The van der Waals surface area contributed by atoms with Gasteiger partial charge in [-0.3, -0.25) is 0 Å². The van der Waals surface area contributed by atoms with E-state index in [2.05, 4.69) is 10.0 Å².